The zero-order valence-electron chi connectivity index (χ0n) is 15.8. The van der Waals surface area contributed by atoms with Gasteiger partial charge in [0.25, 0.3) is 0 Å². The summed E-state index contributed by atoms with van der Waals surface area (Å²) in [7, 11) is 4.06. The molecule has 0 radical (unpaired) electrons. The molecular weight excluding hydrogens is 348 g/mol. The van der Waals surface area contributed by atoms with Gasteiger partial charge in [0.1, 0.15) is 6.26 Å². The van der Waals surface area contributed by atoms with Crippen LogP contribution in [0.2, 0.25) is 0 Å². The molecule has 8 heteroatoms. The molecule has 2 amide bonds. The Balaban J connectivity index is 1.61. The highest BCUT2D eigenvalue weighted by molar-refractivity contribution is 5.90. The predicted molar refractivity (Wildman–Crippen MR) is 101 cm³/mol. The van der Waals surface area contributed by atoms with E-state index >= 15 is 0 Å². The lowest BCUT2D eigenvalue weighted by Crippen LogP contribution is -2.36. The van der Waals surface area contributed by atoms with Gasteiger partial charge in [-0.2, -0.15) is 0 Å². The molecule has 1 N–H and O–H groups in total. The first-order valence-corrected chi connectivity index (χ1v) is 8.93. The number of nitrogens with zero attached hydrogens (tertiary/aromatic N) is 3. The molecule has 0 spiro atoms. The number of rotatable bonds is 5. The van der Waals surface area contributed by atoms with Crippen LogP contribution in [-0.4, -0.2) is 66.6 Å². The lowest BCUT2D eigenvalue weighted by molar-refractivity contribution is 0.0519. The number of carbonyl (C=O) groups excluding carboxylic acids is 2. The Morgan fingerprint density at radius 1 is 1.33 bits per heavy atom. The Hall–Kier alpha value is -2.87. The number of esters is 1. The number of benzene rings is 1. The number of aromatic nitrogens is 1. The highest BCUT2D eigenvalue weighted by atomic mass is 16.5. The van der Waals surface area contributed by atoms with E-state index in [2.05, 4.69) is 15.2 Å². The fourth-order valence-corrected chi connectivity index (χ4v) is 2.95. The van der Waals surface area contributed by atoms with E-state index in [9.17, 15) is 9.59 Å². The van der Waals surface area contributed by atoms with Gasteiger partial charge in [0.15, 0.2) is 5.69 Å². The van der Waals surface area contributed by atoms with Crippen molar-refractivity contribution < 1.29 is 18.7 Å². The fraction of sp³-hybridized carbons (Fsp3) is 0.421. The Morgan fingerprint density at radius 3 is 2.70 bits per heavy atom. The standard InChI is InChI=1S/C19H24N4O4/c1-4-26-18(24)16-12-27-17(21-16)13-5-7-14(8-6-13)20-19(25)23-10-9-15(11-23)22(2)3/h5-8,12,15H,4,9-11H2,1-3H3,(H,20,25)/t15-/m0/s1. The van der Waals surface area contributed by atoms with Crippen LogP contribution in [0.4, 0.5) is 10.5 Å². The van der Waals surface area contributed by atoms with Gasteiger partial charge in [-0.3, -0.25) is 0 Å². The van der Waals surface area contributed by atoms with E-state index in [1.165, 1.54) is 6.26 Å². The molecule has 27 heavy (non-hydrogen) atoms. The monoisotopic (exact) mass is 372 g/mol. The number of urea groups is 1. The van der Waals surface area contributed by atoms with Crippen molar-refractivity contribution in [2.75, 3.05) is 39.1 Å². The third kappa shape index (κ3) is 4.46. The van der Waals surface area contributed by atoms with Gasteiger partial charge < -0.3 is 24.3 Å². The van der Waals surface area contributed by atoms with E-state index in [4.69, 9.17) is 9.15 Å². The van der Waals surface area contributed by atoms with Crippen LogP contribution < -0.4 is 5.32 Å². The van der Waals surface area contributed by atoms with Gasteiger partial charge in [-0.25, -0.2) is 14.6 Å². The quantitative estimate of drug-likeness (QED) is 0.812. The maximum Gasteiger partial charge on any atom is 0.360 e. The predicted octanol–water partition coefficient (Wildman–Crippen LogP) is 2.69. The summed E-state index contributed by atoms with van der Waals surface area (Å²) < 4.78 is 10.2. The number of hydrogen-bond donors (Lipinski definition) is 1. The molecule has 1 aliphatic heterocycles. The van der Waals surface area contributed by atoms with Crippen molar-refractivity contribution in [2.45, 2.75) is 19.4 Å². The zero-order chi connectivity index (χ0) is 19.4. The Kier molecular flexibility index (Phi) is 5.75. The molecule has 1 aliphatic rings. The summed E-state index contributed by atoms with van der Waals surface area (Å²) >= 11 is 0. The molecular formula is C19H24N4O4. The van der Waals surface area contributed by atoms with E-state index < -0.39 is 5.97 Å². The SMILES string of the molecule is CCOC(=O)c1coc(-c2ccc(NC(=O)N3CC[C@H](N(C)C)C3)cc2)n1. The van der Waals surface area contributed by atoms with Crippen molar-refractivity contribution in [3.8, 4) is 11.5 Å². The molecule has 8 nitrogen and oxygen atoms in total. The summed E-state index contributed by atoms with van der Waals surface area (Å²) in [6.07, 6.45) is 2.25. The van der Waals surface area contributed by atoms with Crippen LogP contribution in [0.25, 0.3) is 11.5 Å². The summed E-state index contributed by atoms with van der Waals surface area (Å²) in [5.41, 5.74) is 1.53. The fourth-order valence-electron chi connectivity index (χ4n) is 2.95. The van der Waals surface area contributed by atoms with Gasteiger partial charge in [0.2, 0.25) is 5.89 Å². The number of carbonyl (C=O) groups is 2. The van der Waals surface area contributed by atoms with Crippen LogP contribution in [-0.2, 0) is 4.74 Å². The number of hydrogen-bond acceptors (Lipinski definition) is 6. The van der Waals surface area contributed by atoms with Gasteiger partial charge in [0.05, 0.1) is 6.61 Å². The lowest BCUT2D eigenvalue weighted by Gasteiger charge is -2.20. The van der Waals surface area contributed by atoms with E-state index in [1.807, 2.05) is 19.0 Å². The number of likely N-dealkylation sites (tertiary alicyclic amines) is 1. The number of anilines is 1. The van der Waals surface area contributed by atoms with E-state index in [0.717, 1.165) is 19.5 Å². The van der Waals surface area contributed by atoms with Crippen LogP contribution in [0.5, 0.6) is 0 Å². The van der Waals surface area contributed by atoms with E-state index in [1.54, 1.807) is 31.2 Å². The maximum absolute atomic E-state index is 12.4. The first-order valence-electron chi connectivity index (χ1n) is 8.93. The van der Waals surface area contributed by atoms with Crippen molar-refractivity contribution in [2.24, 2.45) is 0 Å². The number of nitrogens with one attached hydrogen (secondary N) is 1. The number of amides is 2. The molecule has 1 aromatic carbocycles. The Labute approximate surface area is 158 Å². The van der Waals surface area contributed by atoms with Gasteiger partial charge in [-0.15, -0.1) is 0 Å². The lowest BCUT2D eigenvalue weighted by atomic mass is 10.2. The summed E-state index contributed by atoms with van der Waals surface area (Å²) in [6, 6.07) is 7.41. The second kappa shape index (κ2) is 8.22. The molecule has 1 aromatic heterocycles. The Morgan fingerprint density at radius 2 is 2.07 bits per heavy atom. The summed E-state index contributed by atoms with van der Waals surface area (Å²) in [5, 5.41) is 2.91. The molecule has 0 bridgehead atoms. The molecule has 2 heterocycles. The molecule has 1 fully saturated rings. The van der Waals surface area contributed by atoms with Crippen molar-refractivity contribution in [3.63, 3.8) is 0 Å². The van der Waals surface area contributed by atoms with E-state index in [-0.39, 0.29) is 18.3 Å². The molecule has 1 atom stereocenters. The van der Waals surface area contributed by atoms with Gasteiger partial charge in [-0.1, -0.05) is 0 Å². The number of oxazole rings is 1. The normalized spacial score (nSPS) is 16.6. The van der Waals surface area contributed by atoms with Gasteiger partial charge in [0, 0.05) is 30.4 Å². The van der Waals surface area contributed by atoms with Gasteiger partial charge >= 0.3 is 12.0 Å². The van der Waals surface area contributed by atoms with Crippen LogP contribution in [0.3, 0.4) is 0 Å². The summed E-state index contributed by atoms with van der Waals surface area (Å²) in [4.78, 5) is 32.1. The average Bonchev–Trinajstić information content (AvgIpc) is 3.33. The molecule has 0 aliphatic carbocycles. The molecule has 144 valence electrons. The topological polar surface area (TPSA) is 87.9 Å². The minimum absolute atomic E-state index is 0.104. The number of likely N-dealkylation sites (N-methyl/N-ethyl adjacent to an activating group) is 1. The van der Waals surface area contributed by atoms with Crippen molar-refractivity contribution in [1.82, 2.24) is 14.8 Å². The highest BCUT2D eigenvalue weighted by Gasteiger charge is 2.27. The van der Waals surface area contributed by atoms with Crippen LogP contribution in [0.1, 0.15) is 23.8 Å². The Bertz CT molecular complexity index is 800. The minimum Gasteiger partial charge on any atom is -0.461 e. The molecule has 0 unspecified atom stereocenters. The van der Waals surface area contributed by atoms with Gasteiger partial charge in [-0.05, 0) is 51.7 Å². The zero-order valence-corrected chi connectivity index (χ0v) is 15.8. The summed E-state index contributed by atoms with van der Waals surface area (Å²) in [6.45, 7) is 3.49. The van der Waals surface area contributed by atoms with Crippen molar-refractivity contribution in [3.05, 3.63) is 36.2 Å². The number of ether oxygens (including phenoxy) is 1. The molecule has 0 saturated carbocycles. The second-order valence-corrected chi connectivity index (χ2v) is 6.62. The third-order valence-corrected chi connectivity index (χ3v) is 4.55. The van der Waals surface area contributed by atoms with Crippen LogP contribution >= 0.6 is 0 Å². The molecule has 3 rings (SSSR count). The largest absolute Gasteiger partial charge is 0.461 e. The van der Waals surface area contributed by atoms with Crippen LogP contribution in [0.15, 0.2) is 34.9 Å². The van der Waals surface area contributed by atoms with Crippen molar-refractivity contribution >= 4 is 17.7 Å². The molecule has 1 saturated heterocycles. The minimum atomic E-state index is -0.516. The first-order chi connectivity index (χ1) is 13.0. The van der Waals surface area contributed by atoms with Crippen molar-refractivity contribution in [1.29, 1.82) is 0 Å². The summed E-state index contributed by atoms with van der Waals surface area (Å²) in [5.74, 6) is -0.192. The first kappa shape index (κ1) is 18.9. The maximum atomic E-state index is 12.4. The highest BCUT2D eigenvalue weighted by Crippen LogP contribution is 2.22. The third-order valence-electron chi connectivity index (χ3n) is 4.55. The molecule has 2 aromatic rings. The van der Waals surface area contributed by atoms with E-state index in [0.29, 0.717) is 23.2 Å². The van der Waals surface area contributed by atoms with Crippen LogP contribution in [0, 0.1) is 0 Å². The smallest absolute Gasteiger partial charge is 0.360 e. The second-order valence-electron chi connectivity index (χ2n) is 6.62. The average molecular weight is 372 g/mol.